The molecule has 0 aliphatic heterocycles. The monoisotopic (exact) mass is 415 g/mol. The van der Waals surface area contributed by atoms with Crippen LogP contribution in [0.3, 0.4) is 0 Å². The number of nitrogens with zero attached hydrogens (tertiary/aromatic N) is 2. The molecule has 0 aliphatic carbocycles. The van der Waals surface area contributed by atoms with E-state index in [-0.39, 0.29) is 21.4 Å². The maximum Gasteiger partial charge on any atom is 0.335 e. The minimum absolute atomic E-state index is 0.179. The van der Waals surface area contributed by atoms with E-state index in [4.69, 9.17) is 23.8 Å². The van der Waals surface area contributed by atoms with Gasteiger partial charge in [-0.25, -0.2) is 9.36 Å². The van der Waals surface area contributed by atoms with Gasteiger partial charge in [-0.05, 0) is 36.5 Å². The number of para-hydroxylation sites is 2. The van der Waals surface area contributed by atoms with Gasteiger partial charge in [-0.1, -0.05) is 41.9 Å². The fourth-order valence-electron chi connectivity index (χ4n) is 2.35. The first-order chi connectivity index (χ1) is 13.5. The van der Waals surface area contributed by atoms with Crippen LogP contribution in [0.1, 0.15) is 5.56 Å². The summed E-state index contributed by atoms with van der Waals surface area (Å²) in [6.45, 7) is 0. The number of halogens is 1. The highest BCUT2D eigenvalue weighted by atomic mass is 35.5. The molecule has 0 amide bonds. The molecule has 0 unspecified atom stereocenters. The number of hydrogen-bond donors (Lipinski definition) is 4. The molecular weight excluding hydrogens is 402 g/mol. The smallest absolute Gasteiger partial charge is 0.335 e. The minimum Gasteiger partial charge on any atom is -0.493 e. The number of aromatic amines is 1. The number of anilines is 1. The lowest BCUT2D eigenvalue weighted by Crippen LogP contribution is -2.32. The number of H-pyrrole nitrogens is 1. The Hall–Kier alpha value is -3.43. The molecule has 142 valence electrons. The molecule has 1 aromatic heterocycles. The topological polar surface area (TPSA) is 112 Å². The largest absolute Gasteiger partial charge is 0.493 e. The molecule has 0 aliphatic rings. The van der Waals surface area contributed by atoms with Gasteiger partial charge in [0.15, 0.2) is 5.11 Å². The fourth-order valence-corrected chi connectivity index (χ4v) is 2.74. The second-order valence-electron chi connectivity index (χ2n) is 5.47. The Morgan fingerprint density at radius 2 is 1.82 bits per heavy atom. The average Bonchev–Trinajstić information content (AvgIpc) is 2.66. The number of hydrazone groups is 1. The van der Waals surface area contributed by atoms with Crippen LogP contribution in [0, 0.1) is 0 Å². The Labute approximate surface area is 169 Å². The normalized spacial score (nSPS) is 10.8. The van der Waals surface area contributed by atoms with Crippen molar-refractivity contribution in [3.8, 4) is 11.6 Å². The third kappa shape index (κ3) is 4.27. The lowest BCUT2D eigenvalue weighted by Gasteiger charge is -2.11. The number of aromatic hydroxyl groups is 1. The van der Waals surface area contributed by atoms with Crippen LogP contribution >= 0.6 is 23.8 Å². The summed E-state index contributed by atoms with van der Waals surface area (Å²) >= 11 is 11.2. The van der Waals surface area contributed by atoms with Crippen molar-refractivity contribution in [3.05, 3.63) is 86.0 Å². The number of rotatable bonds is 4. The van der Waals surface area contributed by atoms with Crippen LogP contribution in [-0.2, 0) is 0 Å². The molecule has 28 heavy (non-hydrogen) atoms. The second-order valence-corrected chi connectivity index (χ2v) is 6.29. The predicted octanol–water partition coefficient (Wildman–Crippen LogP) is 2.21. The summed E-state index contributed by atoms with van der Waals surface area (Å²) in [5, 5.41) is 17.6. The zero-order chi connectivity index (χ0) is 20.1. The van der Waals surface area contributed by atoms with Crippen LogP contribution < -0.4 is 22.0 Å². The van der Waals surface area contributed by atoms with Crippen molar-refractivity contribution in [2.75, 3.05) is 5.32 Å². The first-order valence-electron chi connectivity index (χ1n) is 7.95. The molecule has 0 atom stereocenters. The summed E-state index contributed by atoms with van der Waals surface area (Å²) in [5.41, 5.74) is 1.62. The first kappa shape index (κ1) is 19.3. The molecule has 10 heteroatoms. The van der Waals surface area contributed by atoms with Crippen molar-refractivity contribution in [1.29, 1.82) is 0 Å². The maximum atomic E-state index is 12.1. The molecule has 3 aromatic rings. The van der Waals surface area contributed by atoms with Crippen molar-refractivity contribution in [2.45, 2.75) is 0 Å². The van der Waals surface area contributed by atoms with Crippen LogP contribution in [0.15, 0.2) is 69.3 Å². The summed E-state index contributed by atoms with van der Waals surface area (Å²) in [4.78, 5) is 26.3. The van der Waals surface area contributed by atoms with Gasteiger partial charge in [-0.2, -0.15) is 5.10 Å². The van der Waals surface area contributed by atoms with E-state index in [0.29, 0.717) is 0 Å². The Balaban J connectivity index is 1.86. The van der Waals surface area contributed by atoms with Gasteiger partial charge >= 0.3 is 5.69 Å². The minimum atomic E-state index is -0.832. The molecule has 0 bridgehead atoms. The lowest BCUT2D eigenvalue weighted by molar-refractivity contribution is 0.430. The zero-order valence-corrected chi connectivity index (χ0v) is 15.8. The van der Waals surface area contributed by atoms with E-state index < -0.39 is 17.1 Å². The van der Waals surface area contributed by atoms with Crippen LogP contribution in [0.4, 0.5) is 5.69 Å². The van der Waals surface area contributed by atoms with Gasteiger partial charge in [0.05, 0.1) is 16.9 Å². The Morgan fingerprint density at radius 3 is 2.54 bits per heavy atom. The average molecular weight is 416 g/mol. The van der Waals surface area contributed by atoms with Crippen LogP contribution in [-0.4, -0.2) is 26.0 Å². The van der Waals surface area contributed by atoms with Crippen molar-refractivity contribution in [3.63, 3.8) is 0 Å². The van der Waals surface area contributed by atoms with Crippen molar-refractivity contribution in [2.24, 2.45) is 5.10 Å². The molecular formula is C18H14ClN5O3S. The highest BCUT2D eigenvalue weighted by molar-refractivity contribution is 7.80. The molecule has 0 radical (unpaired) electrons. The summed E-state index contributed by atoms with van der Waals surface area (Å²) in [6.07, 6.45) is 1.06. The van der Waals surface area contributed by atoms with Gasteiger partial charge in [0.2, 0.25) is 5.88 Å². The Morgan fingerprint density at radius 1 is 1.14 bits per heavy atom. The summed E-state index contributed by atoms with van der Waals surface area (Å²) < 4.78 is 0.881. The Kier molecular flexibility index (Phi) is 5.87. The molecule has 4 N–H and O–H groups in total. The predicted molar refractivity (Wildman–Crippen MR) is 113 cm³/mol. The first-order valence-corrected chi connectivity index (χ1v) is 8.74. The van der Waals surface area contributed by atoms with Crippen LogP contribution in [0.25, 0.3) is 5.69 Å². The van der Waals surface area contributed by atoms with E-state index in [1.807, 2.05) is 30.3 Å². The second kappa shape index (κ2) is 8.51. The molecule has 0 saturated heterocycles. The van der Waals surface area contributed by atoms with Crippen molar-refractivity contribution in [1.82, 2.24) is 15.0 Å². The third-order valence-corrected chi connectivity index (χ3v) is 4.12. The number of hydrogen-bond acceptors (Lipinski definition) is 5. The van der Waals surface area contributed by atoms with E-state index in [0.717, 1.165) is 16.5 Å². The molecule has 0 spiro atoms. The van der Waals surface area contributed by atoms with E-state index in [2.05, 4.69) is 20.8 Å². The summed E-state index contributed by atoms with van der Waals surface area (Å²) in [7, 11) is 0. The van der Waals surface area contributed by atoms with Crippen LogP contribution in [0.5, 0.6) is 5.88 Å². The van der Waals surface area contributed by atoms with E-state index >= 15 is 0 Å². The van der Waals surface area contributed by atoms with E-state index in [1.54, 1.807) is 18.2 Å². The fraction of sp³-hybridized carbons (Fsp3) is 0. The molecule has 2 aromatic carbocycles. The number of nitrogens with one attached hydrogen (secondary N) is 3. The van der Waals surface area contributed by atoms with Gasteiger partial charge in [0.1, 0.15) is 5.56 Å². The number of aromatic nitrogens is 2. The molecule has 8 nitrogen and oxygen atoms in total. The summed E-state index contributed by atoms with van der Waals surface area (Å²) in [6, 6.07) is 15.6. The molecule has 0 fully saturated rings. The number of thiocarbonyl (C=S) groups is 1. The van der Waals surface area contributed by atoms with Crippen molar-refractivity contribution >= 4 is 40.8 Å². The standard InChI is InChI=1S/C18H14ClN5O3S/c19-13-8-4-5-9-14(13)24-16(26)12(15(25)22-18(24)27)10-20-23-17(28)21-11-6-2-1-3-7-11/h1-10,26H,(H2,21,23,28)(H,22,25,27)/b20-10-. The van der Waals surface area contributed by atoms with E-state index in [9.17, 15) is 14.7 Å². The van der Waals surface area contributed by atoms with Gasteiger partial charge < -0.3 is 10.4 Å². The lowest BCUT2D eigenvalue weighted by atomic mass is 10.3. The quantitative estimate of drug-likeness (QED) is 0.295. The highest BCUT2D eigenvalue weighted by Gasteiger charge is 2.15. The maximum absolute atomic E-state index is 12.1. The highest BCUT2D eigenvalue weighted by Crippen LogP contribution is 2.22. The number of benzene rings is 2. The van der Waals surface area contributed by atoms with Gasteiger partial charge in [-0.15, -0.1) is 0 Å². The third-order valence-electron chi connectivity index (χ3n) is 3.61. The SMILES string of the molecule is O=c1[nH]c(=O)n(-c2ccccc2Cl)c(O)c1/C=N\NC(=S)Nc1ccccc1. The van der Waals surface area contributed by atoms with Crippen molar-refractivity contribution < 1.29 is 5.11 Å². The molecule has 1 heterocycles. The molecule has 0 saturated carbocycles. The van der Waals surface area contributed by atoms with E-state index in [1.165, 1.54) is 6.07 Å². The Bertz CT molecular complexity index is 1160. The van der Waals surface area contributed by atoms with Gasteiger partial charge in [0.25, 0.3) is 5.56 Å². The van der Waals surface area contributed by atoms with Gasteiger partial charge in [-0.3, -0.25) is 15.2 Å². The van der Waals surface area contributed by atoms with Gasteiger partial charge in [0, 0.05) is 5.69 Å². The van der Waals surface area contributed by atoms with Crippen LogP contribution in [0.2, 0.25) is 5.02 Å². The molecule has 3 rings (SSSR count). The summed E-state index contributed by atoms with van der Waals surface area (Å²) in [5.74, 6) is -0.602. The zero-order valence-electron chi connectivity index (χ0n) is 14.2.